The Hall–Kier alpha value is -1.17. The molecule has 2 rings (SSSR count). The van der Waals surface area contributed by atoms with E-state index in [1.165, 1.54) is 12.1 Å². The molecule has 0 aliphatic carbocycles. The van der Waals surface area contributed by atoms with E-state index in [1.807, 2.05) is 32.0 Å². The zero-order valence-electron chi connectivity index (χ0n) is 16.7. The van der Waals surface area contributed by atoms with Crippen LogP contribution in [0.15, 0.2) is 34.8 Å². The first-order valence-electron chi connectivity index (χ1n) is 8.78. The highest BCUT2D eigenvalue weighted by Gasteiger charge is 2.37. The number of hydrogen-bond acceptors (Lipinski definition) is 2. The van der Waals surface area contributed by atoms with Gasteiger partial charge in [-0.15, -0.1) is 0 Å². The van der Waals surface area contributed by atoms with Gasteiger partial charge in [-0.1, -0.05) is 26.8 Å². The fourth-order valence-corrected chi connectivity index (χ4v) is 3.83. The first-order valence-corrected chi connectivity index (χ1v) is 12.5. The summed E-state index contributed by atoms with van der Waals surface area (Å²) >= 11 is 3.58. The first-order chi connectivity index (χ1) is 11.9. The Labute approximate surface area is 166 Å². The maximum absolute atomic E-state index is 13.5. The monoisotopic (exact) mass is 438 g/mol. The van der Waals surface area contributed by atoms with E-state index >= 15 is 0 Å². The summed E-state index contributed by atoms with van der Waals surface area (Å²) in [6.07, 6.45) is 0. The second kappa shape index (κ2) is 7.83. The summed E-state index contributed by atoms with van der Waals surface area (Å²) in [4.78, 5) is 0. The number of ether oxygens (including phenoxy) is 1. The number of halogens is 2. The molecule has 0 atom stereocenters. The third-order valence-corrected chi connectivity index (χ3v) is 10.1. The van der Waals surface area contributed by atoms with Crippen molar-refractivity contribution < 1.29 is 13.6 Å². The average Bonchev–Trinajstić information content (AvgIpc) is 2.49. The smallest absolute Gasteiger partial charge is 0.192 e. The summed E-state index contributed by atoms with van der Waals surface area (Å²) in [5.41, 5.74) is 2.65. The van der Waals surface area contributed by atoms with Gasteiger partial charge in [0.25, 0.3) is 0 Å². The van der Waals surface area contributed by atoms with Crippen molar-refractivity contribution in [3.8, 4) is 11.5 Å². The highest BCUT2D eigenvalue weighted by atomic mass is 79.9. The molecule has 2 aromatic rings. The fraction of sp³-hybridized carbons (Fsp3) is 0.429. The highest BCUT2D eigenvalue weighted by Crippen LogP contribution is 2.38. The molecule has 2 nitrogen and oxygen atoms in total. The van der Waals surface area contributed by atoms with Gasteiger partial charge >= 0.3 is 0 Å². The minimum absolute atomic E-state index is 0.185. The van der Waals surface area contributed by atoms with E-state index in [1.54, 1.807) is 0 Å². The number of rotatable bonds is 5. The van der Waals surface area contributed by atoms with Gasteiger partial charge in [0.1, 0.15) is 17.3 Å². The molecule has 0 amide bonds. The molecule has 2 aromatic carbocycles. The summed E-state index contributed by atoms with van der Waals surface area (Å²) in [6.45, 7) is 15.5. The molecule has 0 saturated carbocycles. The maximum atomic E-state index is 13.5. The second-order valence-electron chi connectivity index (χ2n) is 8.28. The van der Waals surface area contributed by atoms with Gasteiger partial charge in [0, 0.05) is 0 Å². The van der Waals surface area contributed by atoms with Crippen LogP contribution in [-0.2, 0) is 11.0 Å². The van der Waals surface area contributed by atoms with E-state index in [9.17, 15) is 4.39 Å². The van der Waals surface area contributed by atoms with Crippen molar-refractivity contribution in [3.05, 3.63) is 57.3 Å². The van der Waals surface area contributed by atoms with Crippen LogP contribution in [-0.4, -0.2) is 8.32 Å². The van der Waals surface area contributed by atoms with E-state index in [-0.39, 0.29) is 10.9 Å². The molecule has 26 heavy (non-hydrogen) atoms. The normalized spacial score (nSPS) is 12.3. The number of aryl methyl sites for hydroxylation is 2. The van der Waals surface area contributed by atoms with E-state index < -0.39 is 8.32 Å². The molecule has 5 heteroatoms. The Morgan fingerprint density at radius 2 is 1.62 bits per heavy atom. The Balaban J connectivity index is 2.16. The number of benzene rings is 2. The van der Waals surface area contributed by atoms with Gasteiger partial charge in [-0.3, -0.25) is 0 Å². The van der Waals surface area contributed by atoms with Crippen LogP contribution in [0.4, 0.5) is 4.39 Å². The van der Waals surface area contributed by atoms with Crippen molar-refractivity contribution in [3.63, 3.8) is 0 Å². The molecule has 0 spiro atoms. The standard InChI is InChI=1S/C21H28BrFO2Si/c1-14-10-17(23)11-15(2)20(14)25-19-9-8-16(12-18(19)22)13-24-26(6,7)21(3,4)5/h8-12H,13H2,1-7H3. The molecule has 0 N–H and O–H groups in total. The second-order valence-corrected chi connectivity index (χ2v) is 13.9. The topological polar surface area (TPSA) is 18.5 Å². The lowest BCUT2D eigenvalue weighted by Gasteiger charge is -2.36. The molecule has 0 saturated heterocycles. The first kappa shape index (κ1) is 21.1. The molecule has 0 radical (unpaired) electrons. The molecule has 0 aliphatic rings. The van der Waals surface area contributed by atoms with Gasteiger partial charge in [0.2, 0.25) is 0 Å². The quantitative estimate of drug-likeness (QED) is 0.449. The van der Waals surface area contributed by atoms with Crippen molar-refractivity contribution >= 4 is 24.2 Å². The van der Waals surface area contributed by atoms with Gasteiger partial charge < -0.3 is 9.16 Å². The van der Waals surface area contributed by atoms with E-state index in [0.29, 0.717) is 18.1 Å². The van der Waals surface area contributed by atoms with Crippen LogP contribution in [0.1, 0.15) is 37.5 Å². The van der Waals surface area contributed by atoms with E-state index in [4.69, 9.17) is 9.16 Å². The Kier molecular flexibility index (Phi) is 6.36. The van der Waals surface area contributed by atoms with Gasteiger partial charge in [-0.05, 0) is 88.9 Å². The zero-order chi connectivity index (χ0) is 19.7. The van der Waals surface area contributed by atoms with Gasteiger partial charge in [0.15, 0.2) is 8.32 Å². The van der Waals surface area contributed by atoms with Crippen LogP contribution in [0, 0.1) is 19.7 Å². The molecular weight excluding hydrogens is 411 g/mol. The molecule has 142 valence electrons. The van der Waals surface area contributed by atoms with Crippen LogP contribution in [0.25, 0.3) is 0 Å². The van der Waals surface area contributed by atoms with Crippen LogP contribution in [0.5, 0.6) is 11.5 Å². The molecule has 0 fully saturated rings. The van der Waals surface area contributed by atoms with Crippen LogP contribution in [0.2, 0.25) is 18.1 Å². The Morgan fingerprint density at radius 1 is 1.04 bits per heavy atom. The predicted molar refractivity (Wildman–Crippen MR) is 112 cm³/mol. The SMILES string of the molecule is Cc1cc(F)cc(C)c1Oc1ccc(CO[Si](C)(C)C(C)(C)C)cc1Br. The van der Waals surface area contributed by atoms with Crippen molar-refractivity contribution in [2.24, 2.45) is 0 Å². The molecule has 0 heterocycles. The van der Waals surface area contributed by atoms with Crippen LogP contribution >= 0.6 is 15.9 Å². The molecule has 0 bridgehead atoms. The highest BCUT2D eigenvalue weighted by molar-refractivity contribution is 9.10. The van der Waals surface area contributed by atoms with Crippen molar-refractivity contribution in [2.75, 3.05) is 0 Å². The third-order valence-electron chi connectivity index (χ3n) is 5.04. The predicted octanol–water partition coefficient (Wildman–Crippen LogP) is 7.52. The van der Waals surface area contributed by atoms with Gasteiger partial charge in [-0.2, -0.15) is 0 Å². The zero-order valence-corrected chi connectivity index (χ0v) is 19.3. The van der Waals surface area contributed by atoms with E-state index in [2.05, 4.69) is 49.8 Å². The van der Waals surface area contributed by atoms with Crippen molar-refractivity contribution in [1.82, 2.24) is 0 Å². The summed E-state index contributed by atoms with van der Waals surface area (Å²) < 4.78 is 26.6. The van der Waals surface area contributed by atoms with Gasteiger partial charge in [-0.25, -0.2) is 4.39 Å². The van der Waals surface area contributed by atoms with Crippen molar-refractivity contribution in [1.29, 1.82) is 0 Å². The summed E-state index contributed by atoms with van der Waals surface area (Å²) in [7, 11) is -1.78. The minimum atomic E-state index is -1.78. The molecular formula is C21H28BrFO2Si. The van der Waals surface area contributed by atoms with Crippen molar-refractivity contribution in [2.45, 2.75) is 59.4 Å². The van der Waals surface area contributed by atoms with E-state index in [0.717, 1.165) is 21.2 Å². The molecule has 0 unspecified atom stereocenters. The van der Waals surface area contributed by atoms with Gasteiger partial charge in [0.05, 0.1) is 11.1 Å². The Bertz CT molecular complexity index is 774. The lowest BCUT2D eigenvalue weighted by Crippen LogP contribution is -2.40. The summed E-state index contributed by atoms with van der Waals surface area (Å²) in [5, 5.41) is 0.185. The summed E-state index contributed by atoms with van der Waals surface area (Å²) in [5.74, 6) is 1.15. The molecule has 0 aromatic heterocycles. The Morgan fingerprint density at radius 3 is 2.12 bits per heavy atom. The van der Waals surface area contributed by atoms with Crippen LogP contribution < -0.4 is 4.74 Å². The molecule has 0 aliphatic heterocycles. The summed E-state index contributed by atoms with van der Waals surface area (Å²) in [6, 6.07) is 8.93. The number of hydrogen-bond donors (Lipinski definition) is 0. The van der Waals surface area contributed by atoms with Crippen LogP contribution in [0.3, 0.4) is 0 Å². The fourth-order valence-electron chi connectivity index (χ4n) is 2.37. The largest absolute Gasteiger partial charge is 0.456 e. The minimum Gasteiger partial charge on any atom is -0.456 e. The average molecular weight is 439 g/mol. The third kappa shape index (κ3) is 4.96. The lowest BCUT2D eigenvalue weighted by molar-refractivity contribution is 0.276. The maximum Gasteiger partial charge on any atom is 0.192 e. The lowest BCUT2D eigenvalue weighted by atomic mass is 10.1.